The van der Waals surface area contributed by atoms with Crippen LogP contribution in [0.15, 0.2) is 0 Å². The molecule has 0 unspecified atom stereocenters. The maximum absolute atomic E-state index is 11.4. The highest BCUT2D eigenvalue weighted by molar-refractivity contribution is 5.84. The number of carbonyl (C=O) groups excluding carboxylic acids is 2. The van der Waals surface area contributed by atoms with E-state index in [1.807, 2.05) is 0 Å². The summed E-state index contributed by atoms with van der Waals surface area (Å²) >= 11 is 0. The predicted molar refractivity (Wildman–Crippen MR) is 46.9 cm³/mol. The van der Waals surface area contributed by atoms with Crippen LogP contribution < -0.4 is 0 Å². The number of carbonyl (C=O) groups is 2. The molecule has 0 amide bonds. The van der Waals surface area contributed by atoms with Gasteiger partial charge in [0, 0.05) is 11.8 Å². The molecule has 0 saturated heterocycles. The molecule has 1 aliphatic carbocycles. The van der Waals surface area contributed by atoms with Crippen molar-refractivity contribution in [1.29, 1.82) is 0 Å². The summed E-state index contributed by atoms with van der Waals surface area (Å²) in [6.07, 6.45) is 6.59. The zero-order valence-corrected chi connectivity index (χ0v) is 7.64. The van der Waals surface area contributed by atoms with Gasteiger partial charge in [-0.1, -0.05) is 19.3 Å². The second-order valence-corrected chi connectivity index (χ2v) is 3.77. The van der Waals surface area contributed by atoms with Gasteiger partial charge in [-0.3, -0.25) is 4.79 Å². The molecule has 0 heterocycles. The monoisotopic (exact) mass is 168 g/mol. The van der Waals surface area contributed by atoms with Gasteiger partial charge in [0.2, 0.25) is 0 Å². The van der Waals surface area contributed by atoms with E-state index in [1.165, 1.54) is 6.42 Å². The molecule has 0 radical (unpaired) electrons. The van der Waals surface area contributed by atoms with Crippen molar-refractivity contribution in [1.82, 2.24) is 0 Å². The van der Waals surface area contributed by atoms with E-state index in [0.29, 0.717) is 6.42 Å². The van der Waals surface area contributed by atoms with Crippen LogP contribution in [0.4, 0.5) is 0 Å². The predicted octanol–water partition coefficient (Wildman–Crippen LogP) is 2.11. The van der Waals surface area contributed by atoms with Gasteiger partial charge in [0.05, 0.1) is 0 Å². The van der Waals surface area contributed by atoms with E-state index in [2.05, 4.69) is 0 Å². The normalized spacial score (nSPS) is 21.8. The highest BCUT2D eigenvalue weighted by atomic mass is 16.1. The Morgan fingerprint density at radius 1 is 1.33 bits per heavy atom. The first-order valence-electron chi connectivity index (χ1n) is 4.66. The highest BCUT2D eigenvalue weighted by Crippen LogP contribution is 2.39. The van der Waals surface area contributed by atoms with Gasteiger partial charge in [-0.05, 0) is 19.8 Å². The van der Waals surface area contributed by atoms with Crippen molar-refractivity contribution in [2.45, 2.75) is 45.4 Å². The fourth-order valence-corrected chi connectivity index (χ4v) is 2.09. The molecule has 1 rings (SSSR count). The Balaban J connectivity index is 2.69. The van der Waals surface area contributed by atoms with Crippen LogP contribution >= 0.6 is 0 Å². The Hall–Kier alpha value is -0.660. The van der Waals surface area contributed by atoms with Crippen molar-refractivity contribution in [3.05, 3.63) is 0 Å². The van der Waals surface area contributed by atoms with Crippen LogP contribution in [0.3, 0.4) is 0 Å². The average molecular weight is 168 g/mol. The summed E-state index contributed by atoms with van der Waals surface area (Å²) in [5.41, 5.74) is -0.278. The molecule has 0 aromatic carbocycles. The average Bonchev–Trinajstić information content (AvgIpc) is 2.06. The van der Waals surface area contributed by atoms with Crippen molar-refractivity contribution in [3.63, 3.8) is 0 Å². The highest BCUT2D eigenvalue weighted by Gasteiger charge is 2.35. The van der Waals surface area contributed by atoms with Crippen LogP contribution in [0.5, 0.6) is 0 Å². The Bertz CT molecular complexity index is 178. The summed E-state index contributed by atoms with van der Waals surface area (Å²) in [7, 11) is 0. The van der Waals surface area contributed by atoms with Gasteiger partial charge in [-0.15, -0.1) is 0 Å². The van der Waals surface area contributed by atoms with Gasteiger partial charge < -0.3 is 4.79 Å². The van der Waals surface area contributed by atoms with Crippen molar-refractivity contribution >= 4 is 12.1 Å². The van der Waals surface area contributed by atoms with Gasteiger partial charge in [-0.2, -0.15) is 0 Å². The number of rotatable bonds is 3. The zero-order chi connectivity index (χ0) is 9.03. The smallest absolute Gasteiger partial charge is 0.136 e. The summed E-state index contributed by atoms with van der Waals surface area (Å²) in [4.78, 5) is 21.8. The van der Waals surface area contributed by atoms with Crippen molar-refractivity contribution in [2.75, 3.05) is 0 Å². The van der Waals surface area contributed by atoms with Crippen LogP contribution in [0.25, 0.3) is 0 Å². The molecular weight excluding hydrogens is 152 g/mol. The molecule has 1 saturated carbocycles. The van der Waals surface area contributed by atoms with E-state index in [9.17, 15) is 9.59 Å². The SMILES string of the molecule is CC(=O)C1(CC=O)CCCCC1. The Labute approximate surface area is 73.3 Å². The molecule has 0 bridgehead atoms. The summed E-state index contributed by atoms with van der Waals surface area (Å²) in [6.45, 7) is 1.62. The molecule has 0 aromatic rings. The minimum Gasteiger partial charge on any atom is -0.303 e. The number of hydrogen-bond acceptors (Lipinski definition) is 2. The van der Waals surface area contributed by atoms with E-state index in [-0.39, 0.29) is 11.2 Å². The lowest BCUT2D eigenvalue weighted by Gasteiger charge is -2.33. The molecule has 0 aromatic heterocycles. The maximum atomic E-state index is 11.4. The fourth-order valence-electron chi connectivity index (χ4n) is 2.09. The molecule has 0 atom stereocenters. The second kappa shape index (κ2) is 3.83. The first-order valence-corrected chi connectivity index (χ1v) is 4.66. The molecule has 0 aliphatic heterocycles. The van der Waals surface area contributed by atoms with Crippen LogP contribution in [0.1, 0.15) is 45.4 Å². The van der Waals surface area contributed by atoms with E-state index >= 15 is 0 Å². The number of Topliss-reactive ketones (excluding diaryl/α,β-unsaturated/α-hetero) is 1. The van der Waals surface area contributed by atoms with Crippen LogP contribution in [-0.2, 0) is 9.59 Å². The molecule has 1 aliphatic rings. The molecule has 68 valence electrons. The molecule has 1 fully saturated rings. The number of aldehydes is 1. The summed E-state index contributed by atoms with van der Waals surface area (Å²) in [6, 6.07) is 0. The van der Waals surface area contributed by atoms with Gasteiger partial charge in [0.25, 0.3) is 0 Å². The third-order valence-electron chi connectivity index (χ3n) is 3.03. The minimum atomic E-state index is -0.278. The van der Waals surface area contributed by atoms with Crippen molar-refractivity contribution in [3.8, 4) is 0 Å². The first-order chi connectivity index (χ1) is 5.71. The largest absolute Gasteiger partial charge is 0.303 e. The topological polar surface area (TPSA) is 34.1 Å². The molecule has 2 heteroatoms. The van der Waals surface area contributed by atoms with Crippen LogP contribution in [-0.4, -0.2) is 12.1 Å². The molecule has 0 spiro atoms. The third-order valence-corrected chi connectivity index (χ3v) is 3.03. The van der Waals surface area contributed by atoms with Crippen molar-refractivity contribution < 1.29 is 9.59 Å². The molecule has 12 heavy (non-hydrogen) atoms. The third kappa shape index (κ3) is 1.74. The molecule has 0 N–H and O–H groups in total. The van der Waals surface area contributed by atoms with Gasteiger partial charge in [0.1, 0.15) is 12.1 Å². The molecule has 2 nitrogen and oxygen atoms in total. The lowest BCUT2D eigenvalue weighted by atomic mass is 9.70. The van der Waals surface area contributed by atoms with Crippen LogP contribution in [0.2, 0.25) is 0 Å². The van der Waals surface area contributed by atoms with E-state index < -0.39 is 0 Å². The van der Waals surface area contributed by atoms with Crippen LogP contribution in [0, 0.1) is 5.41 Å². The lowest BCUT2D eigenvalue weighted by molar-refractivity contribution is -0.131. The summed E-state index contributed by atoms with van der Waals surface area (Å²) in [5.74, 6) is 0.203. The summed E-state index contributed by atoms with van der Waals surface area (Å²) in [5, 5.41) is 0. The first kappa shape index (κ1) is 9.43. The Kier molecular flexibility index (Phi) is 3.01. The minimum absolute atomic E-state index is 0.203. The number of ketones is 1. The van der Waals surface area contributed by atoms with E-state index in [0.717, 1.165) is 32.0 Å². The Morgan fingerprint density at radius 3 is 2.33 bits per heavy atom. The van der Waals surface area contributed by atoms with Gasteiger partial charge in [0.15, 0.2) is 0 Å². The summed E-state index contributed by atoms with van der Waals surface area (Å²) < 4.78 is 0. The van der Waals surface area contributed by atoms with E-state index in [1.54, 1.807) is 6.92 Å². The quantitative estimate of drug-likeness (QED) is 0.605. The zero-order valence-electron chi connectivity index (χ0n) is 7.64. The fraction of sp³-hybridized carbons (Fsp3) is 0.800. The number of hydrogen-bond donors (Lipinski definition) is 0. The van der Waals surface area contributed by atoms with Gasteiger partial charge >= 0.3 is 0 Å². The second-order valence-electron chi connectivity index (χ2n) is 3.77. The van der Waals surface area contributed by atoms with Crippen molar-refractivity contribution in [2.24, 2.45) is 5.41 Å². The standard InChI is InChI=1S/C10H16O2/c1-9(12)10(7-8-11)5-3-2-4-6-10/h8H,2-7H2,1H3. The lowest BCUT2D eigenvalue weighted by Crippen LogP contribution is -2.32. The van der Waals surface area contributed by atoms with E-state index in [4.69, 9.17) is 0 Å². The Morgan fingerprint density at radius 2 is 1.92 bits per heavy atom. The maximum Gasteiger partial charge on any atom is 0.136 e. The van der Waals surface area contributed by atoms with Gasteiger partial charge in [-0.25, -0.2) is 0 Å². The molecular formula is C10H16O2.